The number of nitrogens with one attached hydrogen (secondary N) is 1. The number of aromatic nitrogens is 1. The summed E-state index contributed by atoms with van der Waals surface area (Å²) >= 11 is 3.40. The van der Waals surface area contributed by atoms with Gasteiger partial charge in [0.05, 0.1) is 11.9 Å². The van der Waals surface area contributed by atoms with Crippen molar-refractivity contribution in [1.29, 1.82) is 0 Å². The third-order valence-electron chi connectivity index (χ3n) is 2.48. The zero-order valence-electron chi connectivity index (χ0n) is 9.32. The number of hydrogen-bond donors (Lipinski definition) is 1. The van der Waals surface area contributed by atoms with Crippen LogP contribution in [0.5, 0.6) is 0 Å². The molecule has 0 fully saturated rings. The minimum atomic E-state index is -0.466. The average Bonchev–Trinajstić information content (AvgIpc) is 2.33. The number of halogens is 2. The maximum absolute atomic E-state index is 12.6. The largest absolute Gasteiger partial charge is 0.377 e. The predicted molar refractivity (Wildman–Crippen MR) is 70.4 cm³/mol. The molecule has 1 unspecified atom stereocenters. The summed E-state index contributed by atoms with van der Waals surface area (Å²) in [6.07, 6.45) is 1.49. The van der Waals surface area contributed by atoms with Crippen LogP contribution in [0.4, 0.5) is 10.1 Å². The fourth-order valence-electron chi connectivity index (χ4n) is 1.55. The van der Waals surface area contributed by atoms with Gasteiger partial charge in [0.1, 0.15) is 0 Å². The highest BCUT2D eigenvalue weighted by molar-refractivity contribution is 9.10. The van der Waals surface area contributed by atoms with Crippen LogP contribution in [-0.2, 0) is 0 Å². The molecule has 2 aromatic rings. The molecule has 0 saturated heterocycles. The molecule has 0 aliphatic heterocycles. The van der Waals surface area contributed by atoms with Gasteiger partial charge in [-0.3, -0.25) is 0 Å². The van der Waals surface area contributed by atoms with Gasteiger partial charge in [0.15, 0.2) is 0 Å². The van der Waals surface area contributed by atoms with E-state index in [2.05, 4.69) is 26.2 Å². The summed E-state index contributed by atoms with van der Waals surface area (Å²) in [7, 11) is 0. The SMILES string of the molecule is CC(Nc1ccc(F)nc1)c1ccc(Br)cc1. The van der Waals surface area contributed by atoms with Crippen LogP contribution in [0.15, 0.2) is 47.1 Å². The molecule has 0 saturated carbocycles. The summed E-state index contributed by atoms with van der Waals surface area (Å²) in [5, 5.41) is 3.26. The molecule has 0 aliphatic rings. The Morgan fingerprint density at radius 2 is 1.88 bits per heavy atom. The first-order valence-corrected chi connectivity index (χ1v) is 6.08. The fraction of sp³-hybridized carbons (Fsp3) is 0.154. The van der Waals surface area contributed by atoms with Gasteiger partial charge in [-0.25, -0.2) is 4.98 Å². The molecule has 0 amide bonds. The lowest BCUT2D eigenvalue weighted by Gasteiger charge is -2.15. The van der Waals surface area contributed by atoms with E-state index in [0.717, 1.165) is 15.7 Å². The normalized spacial score (nSPS) is 12.2. The second-order valence-electron chi connectivity index (χ2n) is 3.79. The topological polar surface area (TPSA) is 24.9 Å². The summed E-state index contributed by atoms with van der Waals surface area (Å²) in [5.74, 6) is -0.466. The molecule has 1 N–H and O–H groups in total. The number of benzene rings is 1. The Kier molecular flexibility index (Phi) is 3.74. The molecule has 17 heavy (non-hydrogen) atoms. The zero-order chi connectivity index (χ0) is 12.3. The lowest BCUT2D eigenvalue weighted by Crippen LogP contribution is -2.06. The molecule has 2 nitrogen and oxygen atoms in total. The maximum atomic E-state index is 12.6. The van der Waals surface area contributed by atoms with Gasteiger partial charge in [-0.05, 0) is 36.8 Å². The number of rotatable bonds is 3. The van der Waals surface area contributed by atoms with E-state index in [9.17, 15) is 4.39 Å². The molecule has 1 heterocycles. The van der Waals surface area contributed by atoms with E-state index in [-0.39, 0.29) is 6.04 Å². The Hall–Kier alpha value is -1.42. The van der Waals surface area contributed by atoms with Crippen LogP contribution >= 0.6 is 15.9 Å². The van der Waals surface area contributed by atoms with Crippen molar-refractivity contribution >= 4 is 21.6 Å². The Balaban J connectivity index is 2.08. The average molecular weight is 295 g/mol. The van der Waals surface area contributed by atoms with Gasteiger partial charge in [0, 0.05) is 10.5 Å². The van der Waals surface area contributed by atoms with Crippen LogP contribution in [0.3, 0.4) is 0 Å². The standard InChI is InChI=1S/C13H12BrFN2/c1-9(10-2-4-11(14)5-3-10)17-12-6-7-13(15)16-8-12/h2-9,17H,1H3. The molecule has 0 radical (unpaired) electrons. The fourth-order valence-corrected chi connectivity index (χ4v) is 1.81. The lowest BCUT2D eigenvalue weighted by molar-refractivity contribution is 0.584. The smallest absolute Gasteiger partial charge is 0.212 e. The quantitative estimate of drug-likeness (QED) is 0.860. The van der Waals surface area contributed by atoms with Crippen molar-refractivity contribution in [2.24, 2.45) is 0 Å². The monoisotopic (exact) mass is 294 g/mol. The van der Waals surface area contributed by atoms with Gasteiger partial charge in [0.25, 0.3) is 0 Å². The Labute approximate surface area is 108 Å². The third-order valence-corrected chi connectivity index (χ3v) is 3.01. The Bertz CT molecular complexity index is 482. The highest BCUT2D eigenvalue weighted by Crippen LogP contribution is 2.20. The molecule has 2 rings (SSSR count). The van der Waals surface area contributed by atoms with Crippen LogP contribution in [0, 0.1) is 5.95 Å². The highest BCUT2D eigenvalue weighted by Gasteiger charge is 2.05. The van der Waals surface area contributed by atoms with E-state index < -0.39 is 5.95 Å². The second kappa shape index (κ2) is 5.27. The number of hydrogen-bond acceptors (Lipinski definition) is 2. The summed E-state index contributed by atoms with van der Waals surface area (Å²) in [5.41, 5.74) is 1.97. The predicted octanol–water partition coefficient (Wildman–Crippen LogP) is 4.16. The molecule has 1 aromatic heterocycles. The van der Waals surface area contributed by atoms with E-state index in [1.165, 1.54) is 12.3 Å². The van der Waals surface area contributed by atoms with Crippen molar-refractivity contribution in [1.82, 2.24) is 4.98 Å². The Morgan fingerprint density at radius 3 is 2.47 bits per heavy atom. The molecule has 1 aromatic carbocycles. The van der Waals surface area contributed by atoms with Crippen LogP contribution < -0.4 is 5.32 Å². The number of pyridine rings is 1. The van der Waals surface area contributed by atoms with E-state index >= 15 is 0 Å². The molecule has 88 valence electrons. The minimum Gasteiger partial charge on any atom is -0.377 e. The summed E-state index contributed by atoms with van der Waals surface area (Å²) in [4.78, 5) is 3.60. The van der Waals surface area contributed by atoms with Crippen molar-refractivity contribution in [3.8, 4) is 0 Å². The third kappa shape index (κ3) is 3.27. The van der Waals surface area contributed by atoms with E-state index in [4.69, 9.17) is 0 Å². The van der Waals surface area contributed by atoms with E-state index in [1.54, 1.807) is 6.07 Å². The van der Waals surface area contributed by atoms with E-state index in [1.807, 2.05) is 31.2 Å². The van der Waals surface area contributed by atoms with Crippen molar-refractivity contribution in [3.63, 3.8) is 0 Å². The first-order chi connectivity index (χ1) is 8.15. The maximum Gasteiger partial charge on any atom is 0.212 e. The molecule has 0 spiro atoms. The summed E-state index contributed by atoms with van der Waals surface area (Å²) in [6.45, 7) is 2.05. The molecular weight excluding hydrogens is 283 g/mol. The Morgan fingerprint density at radius 1 is 1.18 bits per heavy atom. The number of nitrogens with zero attached hydrogens (tertiary/aromatic N) is 1. The molecular formula is C13H12BrFN2. The molecule has 1 atom stereocenters. The lowest BCUT2D eigenvalue weighted by atomic mass is 10.1. The van der Waals surface area contributed by atoms with Gasteiger partial charge in [-0.2, -0.15) is 4.39 Å². The highest BCUT2D eigenvalue weighted by atomic mass is 79.9. The van der Waals surface area contributed by atoms with E-state index in [0.29, 0.717) is 0 Å². The van der Waals surface area contributed by atoms with Gasteiger partial charge in [-0.1, -0.05) is 28.1 Å². The summed E-state index contributed by atoms with van der Waals surface area (Å²) < 4.78 is 13.7. The van der Waals surface area contributed by atoms with Crippen molar-refractivity contribution in [3.05, 3.63) is 58.6 Å². The minimum absolute atomic E-state index is 0.148. The molecule has 0 aliphatic carbocycles. The molecule has 0 bridgehead atoms. The summed E-state index contributed by atoms with van der Waals surface area (Å²) in [6, 6.07) is 11.2. The van der Waals surface area contributed by atoms with Crippen molar-refractivity contribution in [2.45, 2.75) is 13.0 Å². The van der Waals surface area contributed by atoms with Crippen LogP contribution in [-0.4, -0.2) is 4.98 Å². The van der Waals surface area contributed by atoms with Crippen molar-refractivity contribution < 1.29 is 4.39 Å². The first kappa shape index (κ1) is 12.0. The van der Waals surface area contributed by atoms with Gasteiger partial charge in [-0.15, -0.1) is 0 Å². The van der Waals surface area contributed by atoms with Crippen molar-refractivity contribution in [2.75, 3.05) is 5.32 Å². The van der Waals surface area contributed by atoms with Gasteiger partial charge in [0.2, 0.25) is 5.95 Å². The second-order valence-corrected chi connectivity index (χ2v) is 4.70. The zero-order valence-corrected chi connectivity index (χ0v) is 10.9. The van der Waals surface area contributed by atoms with Gasteiger partial charge < -0.3 is 5.32 Å². The van der Waals surface area contributed by atoms with Crippen LogP contribution in [0.25, 0.3) is 0 Å². The van der Waals surface area contributed by atoms with Crippen LogP contribution in [0.1, 0.15) is 18.5 Å². The number of anilines is 1. The van der Waals surface area contributed by atoms with Crippen LogP contribution in [0.2, 0.25) is 0 Å². The molecule has 4 heteroatoms. The first-order valence-electron chi connectivity index (χ1n) is 5.29. The van der Waals surface area contributed by atoms with Gasteiger partial charge >= 0.3 is 0 Å².